The van der Waals surface area contributed by atoms with Gasteiger partial charge < -0.3 is 0 Å². The second-order valence-electron chi connectivity index (χ2n) is 4.68. The molecule has 0 aliphatic rings. The molecule has 0 spiro atoms. The standard InChI is InChI=1S/C18H18O2/c1-3-13-9-5-7-11-15(13)17(19)18(20)16-12-8-6-10-14(16)4-2/h5-12H,3-4H2,1-2H3. The lowest BCUT2D eigenvalue weighted by Crippen LogP contribution is -2.17. The third-order valence-corrected chi connectivity index (χ3v) is 3.49. The van der Waals surface area contributed by atoms with Crippen LogP contribution in [0.1, 0.15) is 45.7 Å². The Hall–Kier alpha value is -2.22. The van der Waals surface area contributed by atoms with Gasteiger partial charge in [-0.1, -0.05) is 62.4 Å². The van der Waals surface area contributed by atoms with Crippen LogP contribution in [-0.2, 0) is 12.8 Å². The van der Waals surface area contributed by atoms with E-state index >= 15 is 0 Å². The molecule has 2 rings (SSSR count). The number of carbonyl (C=O) groups is 2. The van der Waals surface area contributed by atoms with Gasteiger partial charge in [-0.3, -0.25) is 9.59 Å². The van der Waals surface area contributed by atoms with Crippen LogP contribution < -0.4 is 0 Å². The first-order chi connectivity index (χ1) is 9.69. The van der Waals surface area contributed by atoms with E-state index in [-0.39, 0.29) is 0 Å². The molecule has 0 aliphatic carbocycles. The van der Waals surface area contributed by atoms with Gasteiger partial charge in [0.05, 0.1) is 0 Å². The molecule has 0 radical (unpaired) electrons. The van der Waals surface area contributed by atoms with Gasteiger partial charge in [0.1, 0.15) is 0 Å². The summed E-state index contributed by atoms with van der Waals surface area (Å²) in [5, 5.41) is 0. The highest BCUT2D eigenvalue weighted by molar-refractivity contribution is 6.49. The van der Waals surface area contributed by atoms with Gasteiger partial charge in [0.15, 0.2) is 0 Å². The van der Waals surface area contributed by atoms with Crippen LogP contribution in [0.5, 0.6) is 0 Å². The predicted octanol–water partition coefficient (Wildman–Crippen LogP) is 3.88. The van der Waals surface area contributed by atoms with Gasteiger partial charge in [0, 0.05) is 11.1 Å². The van der Waals surface area contributed by atoms with Gasteiger partial charge in [-0.25, -0.2) is 0 Å². The Kier molecular flexibility index (Phi) is 4.46. The zero-order valence-corrected chi connectivity index (χ0v) is 11.8. The van der Waals surface area contributed by atoms with Crippen molar-refractivity contribution in [3.8, 4) is 0 Å². The van der Waals surface area contributed by atoms with E-state index in [0.29, 0.717) is 11.1 Å². The fourth-order valence-electron chi connectivity index (χ4n) is 2.34. The van der Waals surface area contributed by atoms with Crippen LogP contribution in [0.4, 0.5) is 0 Å². The fourth-order valence-corrected chi connectivity index (χ4v) is 2.34. The largest absolute Gasteiger partial charge is 0.285 e. The predicted molar refractivity (Wildman–Crippen MR) is 80.3 cm³/mol. The lowest BCUT2D eigenvalue weighted by molar-refractivity contribution is 0.0816. The first-order valence-electron chi connectivity index (χ1n) is 6.93. The molecule has 0 bridgehead atoms. The molecule has 0 aliphatic heterocycles. The lowest BCUT2D eigenvalue weighted by Gasteiger charge is -2.08. The van der Waals surface area contributed by atoms with Gasteiger partial charge in [0.2, 0.25) is 11.6 Å². The average Bonchev–Trinajstić information content (AvgIpc) is 2.53. The van der Waals surface area contributed by atoms with Gasteiger partial charge in [-0.15, -0.1) is 0 Å². The van der Waals surface area contributed by atoms with Crippen LogP contribution in [0.15, 0.2) is 48.5 Å². The van der Waals surface area contributed by atoms with Crippen molar-refractivity contribution in [2.24, 2.45) is 0 Å². The van der Waals surface area contributed by atoms with E-state index in [0.717, 1.165) is 24.0 Å². The maximum Gasteiger partial charge on any atom is 0.233 e. The number of hydrogen-bond donors (Lipinski definition) is 0. The molecule has 2 nitrogen and oxygen atoms in total. The summed E-state index contributed by atoms with van der Waals surface area (Å²) >= 11 is 0. The highest BCUT2D eigenvalue weighted by Gasteiger charge is 2.21. The highest BCUT2D eigenvalue weighted by Crippen LogP contribution is 2.16. The molecule has 0 amide bonds. The molecule has 20 heavy (non-hydrogen) atoms. The third kappa shape index (κ3) is 2.69. The Morgan fingerprint density at radius 1 is 0.700 bits per heavy atom. The van der Waals surface area contributed by atoms with Crippen molar-refractivity contribution in [1.82, 2.24) is 0 Å². The van der Waals surface area contributed by atoms with Crippen molar-refractivity contribution in [3.05, 3.63) is 70.8 Å². The Morgan fingerprint density at radius 2 is 1.05 bits per heavy atom. The van der Waals surface area contributed by atoms with Crippen LogP contribution in [0, 0.1) is 0 Å². The molecular weight excluding hydrogens is 248 g/mol. The quantitative estimate of drug-likeness (QED) is 0.608. The van der Waals surface area contributed by atoms with Gasteiger partial charge in [-0.2, -0.15) is 0 Å². The summed E-state index contributed by atoms with van der Waals surface area (Å²) in [6.45, 7) is 3.97. The van der Waals surface area contributed by atoms with Crippen LogP contribution in [0.2, 0.25) is 0 Å². The zero-order valence-electron chi connectivity index (χ0n) is 11.8. The van der Waals surface area contributed by atoms with E-state index in [1.807, 2.05) is 38.1 Å². The van der Waals surface area contributed by atoms with Crippen LogP contribution >= 0.6 is 0 Å². The number of hydrogen-bond acceptors (Lipinski definition) is 2. The van der Waals surface area contributed by atoms with Crippen molar-refractivity contribution in [2.45, 2.75) is 26.7 Å². The van der Waals surface area contributed by atoms with E-state index in [1.165, 1.54) is 0 Å². The van der Waals surface area contributed by atoms with E-state index < -0.39 is 11.6 Å². The number of aryl methyl sites for hydroxylation is 2. The molecule has 0 fully saturated rings. The molecule has 0 saturated carbocycles. The smallest absolute Gasteiger partial charge is 0.233 e. The molecule has 0 unspecified atom stereocenters. The maximum atomic E-state index is 12.4. The Balaban J connectivity index is 2.41. The first kappa shape index (κ1) is 14.2. The summed E-state index contributed by atoms with van der Waals surface area (Å²) in [5.41, 5.74) is 2.87. The Bertz CT molecular complexity index is 584. The van der Waals surface area contributed by atoms with Gasteiger partial charge >= 0.3 is 0 Å². The first-order valence-corrected chi connectivity index (χ1v) is 6.93. The van der Waals surface area contributed by atoms with Crippen molar-refractivity contribution < 1.29 is 9.59 Å². The molecule has 0 aromatic heterocycles. The zero-order chi connectivity index (χ0) is 14.5. The summed E-state index contributed by atoms with van der Waals surface area (Å²) in [6.07, 6.45) is 1.48. The molecule has 0 atom stereocenters. The van der Waals surface area contributed by atoms with E-state index in [1.54, 1.807) is 24.3 Å². The number of Topliss-reactive ketones (excluding diaryl/α,β-unsaturated/α-hetero) is 2. The normalized spacial score (nSPS) is 10.3. The maximum absolute atomic E-state index is 12.4. The molecule has 2 aromatic carbocycles. The average molecular weight is 266 g/mol. The van der Waals surface area contributed by atoms with Crippen molar-refractivity contribution >= 4 is 11.6 Å². The Morgan fingerprint density at radius 3 is 1.40 bits per heavy atom. The summed E-state index contributed by atoms with van der Waals surface area (Å²) in [5.74, 6) is -0.827. The SMILES string of the molecule is CCc1ccccc1C(=O)C(=O)c1ccccc1CC. The van der Waals surface area contributed by atoms with Crippen LogP contribution in [0.3, 0.4) is 0 Å². The van der Waals surface area contributed by atoms with E-state index in [2.05, 4.69) is 0 Å². The minimum Gasteiger partial charge on any atom is -0.285 e. The van der Waals surface area contributed by atoms with Gasteiger partial charge in [-0.05, 0) is 24.0 Å². The van der Waals surface area contributed by atoms with E-state index in [9.17, 15) is 9.59 Å². The fraction of sp³-hybridized carbons (Fsp3) is 0.222. The van der Waals surface area contributed by atoms with Crippen LogP contribution in [-0.4, -0.2) is 11.6 Å². The highest BCUT2D eigenvalue weighted by atomic mass is 16.2. The molecule has 2 heteroatoms. The lowest BCUT2D eigenvalue weighted by atomic mass is 9.93. The number of carbonyl (C=O) groups excluding carboxylic acids is 2. The molecule has 0 saturated heterocycles. The molecule has 0 heterocycles. The van der Waals surface area contributed by atoms with Crippen molar-refractivity contribution in [3.63, 3.8) is 0 Å². The van der Waals surface area contributed by atoms with Gasteiger partial charge in [0.25, 0.3) is 0 Å². The summed E-state index contributed by atoms with van der Waals surface area (Å²) in [6, 6.07) is 14.6. The monoisotopic (exact) mass is 266 g/mol. The minimum absolute atomic E-state index is 0.414. The molecule has 0 N–H and O–H groups in total. The number of benzene rings is 2. The second kappa shape index (κ2) is 6.29. The molecule has 102 valence electrons. The summed E-state index contributed by atoms with van der Waals surface area (Å²) in [4.78, 5) is 24.9. The molecular formula is C18H18O2. The third-order valence-electron chi connectivity index (χ3n) is 3.49. The molecule has 2 aromatic rings. The Labute approximate surface area is 119 Å². The summed E-state index contributed by atoms with van der Waals surface area (Å²) < 4.78 is 0. The second-order valence-corrected chi connectivity index (χ2v) is 4.68. The van der Waals surface area contributed by atoms with Crippen molar-refractivity contribution in [1.29, 1.82) is 0 Å². The summed E-state index contributed by atoms with van der Waals surface area (Å²) in [7, 11) is 0. The van der Waals surface area contributed by atoms with Crippen LogP contribution in [0.25, 0.3) is 0 Å². The van der Waals surface area contributed by atoms with Crippen molar-refractivity contribution in [2.75, 3.05) is 0 Å². The topological polar surface area (TPSA) is 34.1 Å². The number of rotatable bonds is 5. The minimum atomic E-state index is -0.414. The van der Waals surface area contributed by atoms with E-state index in [4.69, 9.17) is 0 Å². The number of ketones is 2.